The zero-order chi connectivity index (χ0) is 5.11. The van der Waals surface area contributed by atoms with Crippen molar-refractivity contribution in [1.29, 1.82) is 0 Å². The Morgan fingerprint density at radius 1 is 1.75 bits per heavy atom. The monoisotopic (exact) mass is 186 g/mol. The molecule has 1 atom stereocenters. The van der Waals surface area contributed by atoms with Crippen LogP contribution in [0.4, 0.5) is 0 Å². The van der Waals surface area contributed by atoms with E-state index in [1.807, 2.05) is 12.2 Å². The van der Waals surface area contributed by atoms with E-state index >= 15 is 0 Å². The summed E-state index contributed by atoms with van der Waals surface area (Å²) in [5.74, 6) is 0.417. The topological polar surface area (TPSA) is 20.2 Å². The molecule has 8 heavy (non-hydrogen) atoms. The van der Waals surface area contributed by atoms with Crippen molar-refractivity contribution in [3.05, 3.63) is 18.6 Å². The average molecular weight is 186 g/mol. The van der Waals surface area contributed by atoms with Crippen molar-refractivity contribution in [2.45, 2.75) is 6.42 Å². The van der Waals surface area contributed by atoms with Gasteiger partial charge < -0.3 is 5.11 Å². The van der Waals surface area contributed by atoms with E-state index in [-0.39, 0.29) is 32.7 Å². The molecular weight excluding hydrogens is 177 g/mol. The van der Waals surface area contributed by atoms with Gasteiger partial charge in [-0.15, -0.1) is 6.42 Å². The predicted octanol–water partition coefficient (Wildman–Crippen LogP) is 0.757. The number of hydrogen-bond donors (Lipinski definition) is 1. The molecule has 0 saturated carbocycles. The first-order chi connectivity index (χ1) is 3.43. The van der Waals surface area contributed by atoms with Crippen molar-refractivity contribution in [2.24, 2.45) is 5.92 Å². The van der Waals surface area contributed by atoms with Gasteiger partial charge in [-0.25, -0.2) is 18.6 Å². The zero-order valence-corrected chi connectivity index (χ0v) is 7.59. The second kappa shape index (κ2) is 4.54. The van der Waals surface area contributed by atoms with Crippen molar-refractivity contribution in [3.63, 3.8) is 0 Å². The number of allylic oxidation sites excluding steroid dienone is 1. The number of aliphatic hydroxyl groups excluding tert-OH is 1. The fraction of sp³-hybridized carbons (Fsp3) is 0.500. The maximum Gasteiger partial charge on any atom is 0.0330 e. The van der Waals surface area contributed by atoms with Crippen LogP contribution in [0.25, 0.3) is 0 Å². The van der Waals surface area contributed by atoms with Crippen LogP contribution in [0, 0.1) is 12.3 Å². The van der Waals surface area contributed by atoms with E-state index in [4.69, 9.17) is 5.11 Å². The summed E-state index contributed by atoms with van der Waals surface area (Å²) in [6.07, 6.45) is 7.12. The minimum Gasteiger partial charge on any atom is -0.397 e. The van der Waals surface area contributed by atoms with Gasteiger partial charge in [0.1, 0.15) is 0 Å². The fourth-order valence-electron chi connectivity index (χ4n) is 0.703. The first kappa shape index (κ1) is 8.67. The molecule has 0 spiro atoms. The van der Waals surface area contributed by atoms with Crippen LogP contribution in [0.2, 0.25) is 0 Å². The molecule has 43 valence electrons. The van der Waals surface area contributed by atoms with Gasteiger partial charge >= 0.3 is 0 Å². The molecule has 0 heterocycles. The molecule has 0 fully saturated rings. The molecule has 0 saturated heterocycles. The van der Waals surface area contributed by atoms with Crippen molar-refractivity contribution >= 4 is 0 Å². The predicted molar refractivity (Wildman–Crippen MR) is 28.6 cm³/mol. The van der Waals surface area contributed by atoms with Gasteiger partial charge in [-0.3, -0.25) is 0 Å². The summed E-state index contributed by atoms with van der Waals surface area (Å²) < 4.78 is 0. The molecule has 1 N–H and O–H groups in total. The molecule has 0 aromatic carbocycles. The second-order valence-electron chi connectivity index (χ2n) is 1.80. The SMILES string of the molecule is OCC1C=C[CH-]C1.[Y]. The Bertz CT molecular complexity index is 80.6. The normalized spacial score (nSPS) is 24.4. The van der Waals surface area contributed by atoms with Crippen molar-refractivity contribution in [1.82, 2.24) is 0 Å². The summed E-state index contributed by atoms with van der Waals surface area (Å²) in [6.45, 7) is 0.299. The summed E-state index contributed by atoms with van der Waals surface area (Å²) in [4.78, 5) is 0. The van der Waals surface area contributed by atoms with Crippen molar-refractivity contribution in [3.8, 4) is 0 Å². The molecular formula is C6H9OY-. The number of aliphatic hydroxyl groups is 1. The van der Waals surface area contributed by atoms with E-state index in [0.717, 1.165) is 6.42 Å². The van der Waals surface area contributed by atoms with Gasteiger partial charge in [-0.1, -0.05) is 5.92 Å². The van der Waals surface area contributed by atoms with Gasteiger partial charge in [0.15, 0.2) is 0 Å². The molecule has 0 amide bonds. The van der Waals surface area contributed by atoms with Crippen LogP contribution in [-0.2, 0) is 32.7 Å². The van der Waals surface area contributed by atoms with E-state index in [9.17, 15) is 0 Å². The summed E-state index contributed by atoms with van der Waals surface area (Å²) in [5, 5.41) is 8.49. The molecule has 1 aliphatic rings. The third kappa shape index (κ3) is 2.30. The van der Waals surface area contributed by atoms with Gasteiger partial charge in [0.25, 0.3) is 0 Å². The van der Waals surface area contributed by atoms with Crippen LogP contribution >= 0.6 is 0 Å². The third-order valence-corrected chi connectivity index (χ3v) is 1.19. The fourth-order valence-corrected chi connectivity index (χ4v) is 0.703. The van der Waals surface area contributed by atoms with Crippen LogP contribution in [0.15, 0.2) is 12.2 Å². The Kier molecular flexibility index (Phi) is 4.93. The minimum atomic E-state index is 0. The van der Waals surface area contributed by atoms with Gasteiger partial charge in [-0.2, -0.15) is 0 Å². The maximum atomic E-state index is 8.49. The quantitative estimate of drug-likeness (QED) is 0.599. The zero-order valence-electron chi connectivity index (χ0n) is 4.75. The van der Waals surface area contributed by atoms with E-state index in [1.165, 1.54) is 0 Å². The first-order valence-electron chi connectivity index (χ1n) is 2.54. The first-order valence-corrected chi connectivity index (χ1v) is 2.54. The van der Waals surface area contributed by atoms with Gasteiger partial charge in [-0.05, 0) is 0 Å². The minimum absolute atomic E-state index is 0. The molecule has 0 aromatic rings. The average Bonchev–Trinajstić information content (AvgIpc) is 2.14. The van der Waals surface area contributed by atoms with Crippen LogP contribution in [0.3, 0.4) is 0 Å². The van der Waals surface area contributed by atoms with Gasteiger partial charge in [0.05, 0.1) is 0 Å². The summed E-state index contributed by atoms with van der Waals surface area (Å²) in [6, 6.07) is 0. The largest absolute Gasteiger partial charge is 0.397 e. The Morgan fingerprint density at radius 2 is 2.50 bits per heavy atom. The Balaban J connectivity index is 0.000000490. The van der Waals surface area contributed by atoms with Gasteiger partial charge in [0.2, 0.25) is 0 Å². The maximum absolute atomic E-state index is 8.49. The molecule has 1 aliphatic carbocycles. The molecule has 1 rings (SSSR count). The van der Waals surface area contributed by atoms with Crippen LogP contribution < -0.4 is 0 Å². The Morgan fingerprint density at radius 3 is 2.75 bits per heavy atom. The van der Waals surface area contributed by atoms with E-state index in [2.05, 4.69) is 6.42 Å². The second-order valence-corrected chi connectivity index (χ2v) is 1.80. The molecule has 1 unspecified atom stereocenters. The summed E-state index contributed by atoms with van der Waals surface area (Å²) in [7, 11) is 0. The van der Waals surface area contributed by atoms with E-state index in [0.29, 0.717) is 12.5 Å². The van der Waals surface area contributed by atoms with Gasteiger partial charge in [0, 0.05) is 39.3 Å². The van der Waals surface area contributed by atoms with Crippen molar-refractivity contribution < 1.29 is 37.8 Å². The number of hydrogen-bond acceptors (Lipinski definition) is 1. The van der Waals surface area contributed by atoms with Crippen LogP contribution in [0.1, 0.15) is 6.42 Å². The summed E-state index contributed by atoms with van der Waals surface area (Å²) in [5.41, 5.74) is 0. The number of rotatable bonds is 1. The van der Waals surface area contributed by atoms with E-state index in [1.54, 1.807) is 0 Å². The van der Waals surface area contributed by atoms with E-state index < -0.39 is 0 Å². The third-order valence-electron chi connectivity index (χ3n) is 1.19. The summed E-state index contributed by atoms with van der Waals surface area (Å²) >= 11 is 0. The molecule has 0 bridgehead atoms. The standard InChI is InChI=1S/C6H9O.Y/c7-5-6-3-1-2-4-6;/h1-3,6-7H,4-5H2;/q-1;. The molecule has 0 aliphatic heterocycles. The molecule has 1 nitrogen and oxygen atoms in total. The van der Waals surface area contributed by atoms with Crippen LogP contribution in [-0.4, -0.2) is 11.7 Å². The Hall–Kier alpha value is 0.674. The smallest absolute Gasteiger partial charge is 0.0330 e. The van der Waals surface area contributed by atoms with Crippen molar-refractivity contribution in [2.75, 3.05) is 6.61 Å². The van der Waals surface area contributed by atoms with Crippen LogP contribution in [0.5, 0.6) is 0 Å². The molecule has 2 heteroatoms. The Labute approximate surface area is 75.0 Å². The molecule has 0 aromatic heterocycles. The molecule has 1 radical (unpaired) electrons.